The summed E-state index contributed by atoms with van der Waals surface area (Å²) >= 11 is 0. The number of aliphatic hydroxyl groups is 2. The minimum Gasteiger partial charge on any atom is -0.479 e. The van der Waals surface area contributed by atoms with Crippen molar-refractivity contribution in [3.05, 3.63) is 141 Å². The van der Waals surface area contributed by atoms with Crippen LogP contribution in [0.15, 0.2) is 102 Å². The molecule has 1 aromatic heterocycles. The van der Waals surface area contributed by atoms with Crippen molar-refractivity contribution >= 4 is 28.7 Å². The van der Waals surface area contributed by atoms with Gasteiger partial charge in [0.05, 0.1) is 11.1 Å². The van der Waals surface area contributed by atoms with Crippen LogP contribution in [0.2, 0.25) is 0 Å². The number of aromatic nitrogens is 1. The number of hydrogen-bond donors (Lipinski definition) is 4. The lowest BCUT2D eigenvalue weighted by atomic mass is 10.0. The summed E-state index contributed by atoms with van der Waals surface area (Å²) in [6, 6.07) is 25.0. The number of carboxylic acid groups (broad SMARTS) is 2. The topological polar surface area (TPSA) is 161 Å². The Balaban J connectivity index is 0.000000606. The first kappa shape index (κ1) is 45.1. The second kappa shape index (κ2) is 20.3. The van der Waals surface area contributed by atoms with Crippen LogP contribution in [0.25, 0.3) is 22.0 Å². The zero-order chi connectivity index (χ0) is 43.6. The summed E-state index contributed by atoms with van der Waals surface area (Å²) in [7, 11) is 0. The minimum atomic E-state index is -4.41. The fourth-order valence-corrected chi connectivity index (χ4v) is 6.89. The van der Waals surface area contributed by atoms with Gasteiger partial charge in [-0.3, -0.25) is 9.59 Å². The molecule has 5 aromatic rings. The number of nitrogens with zero attached hydrogens (tertiary/aromatic N) is 3. The van der Waals surface area contributed by atoms with Gasteiger partial charge >= 0.3 is 18.1 Å². The molecule has 0 bridgehead atoms. The van der Waals surface area contributed by atoms with Crippen LogP contribution in [0, 0.1) is 11.6 Å². The standard InChI is InChI=1S/C40H38F5N3O2.C4H6O6/c41-35-9-6-7-31(39(35)42)17-20-33-25-37(49)34-8-2-3-10-36(34)48(33)27-38(50)47(24-23-46-21-4-1-5-22-46)26-28-11-13-29(14-12-28)30-15-18-32(19-16-30)40(43,44)45;5-1(3(7)8)2(6)4(9)10/h2-3,6-16,18-19,25H,1,4-5,17,20-24,26-27H2;1-2,5-6H,(H,7,8)(H,9,10)/t;1-,2-/m.1/s1. The van der Waals surface area contributed by atoms with E-state index in [-0.39, 0.29) is 36.3 Å². The molecule has 318 valence electrons. The van der Waals surface area contributed by atoms with Gasteiger partial charge in [0.2, 0.25) is 5.91 Å². The second-order valence-electron chi connectivity index (χ2n) is 14.4. The molecule has 6 rings (SSSR count). The number of aryl methyl sites for hydroxylation is 2. The van der Waals surface area contributed by atoms with Crippen LogP contribution in [0.4, 0.5) is 22.0 Å². The lowest BCUT2D eigenvalue weighted by molar-refractivity contribution is -0.165. The van der Waals surface area contributed by atoms with Gasteiger partial charge in [-0.1, -0.05) is 67.1 Å². The Morgan fingerprint density at radius 3 is 1.95 bits per heavy atom. The third-order valence-electron chi connectivity index (χ3n) is 10.2. The number of carbonyl (C=O) groups excluding carboxylic acids is 1. The van der Waals surface area contributed by atoms with Crippen molar-refractivity contribution in [2.24, 2.45) is 0 Å². The molecule has 4 N–H and O–H groups in total. The van der Waals surface area contributed by atoms with E-state index in [1.165, 1.54) is 36.8 Å². The number of alkyl halides is 3. The first-order valence-electron chi connectivity index (χ1n) is 19.2. The number of carboxylic acids is 2. The first-order valence-corrected chi connectivity index (χ1v) is 19.2. The van der Waals surface area contributed by atoms with Gasteiger partial charge in [-0.15, -0.1) is 0 Å². The quantitative estimate of drug-likeness (QED) is 0.0964. The van der Waals surface area contributed by atoms with Crippen LogP contribution >= 0.6 is 0 Å². The fraction of sp³-hybridized carbons (Fsp3) is 0.318. The first-order chi connectivity index (χ1) is 28.5. The fourth-order valence-electron chi connectivity index (χ4n) is 6.89. The highest BCUT2D eigenvalue weighted by Crippen LogP contribution is 2.31. The highest BCUT2D eigenvalue weighted by molar-refractivity contribution is 5.83. The number of rotatable bonds is 14. The predicted octanol–water partition coefficient (Wildman–Crippen LogP) is 6.14. The molecule has 0 saturated carbocycles. The van der Waals surface area contributed by atoms with Crippen molar-refractivity contribution in [2.45, 2.75) is 63.6 Å². The SMILES string of the molecule is O=C(Cn1c(CCc2cccc(F)c2F)cc(=O)c2ccccc21)N(CCN1CCCCC1)Cc1ccc(-c2ccc(C(F)(F)F)cc2)cc1.O=C(O)[C@H](O)[C@@H](O)C(=O)O. The van der Waals surface area contributed by atoms with Crippen LogP contribution in [0.5, 0.6) is 0 Å². The van der Waals surface area contributed by atoms with Crippen molar-refractivity contribution in [3.63, 3.8) is 0 Å². The van der Waals surface area contributed by atoms with Crippen LogP contribution in [0.1, 0.15) is 41.6 Å². The van der Waals surface area contributed by atoms with Gasteiger partial charge in [0.15, 0.2) is 29.3 Å². The number of benzene rings is 4. The summed E-state index contributed by atoms with van der Waals surface area (Å²) in [6.45, 7) is 3.35. The van der Waals surface area contributed by atoms with E-state index < -0.39 is 47.5 Å². The smallest absolute Gasteiger partial charge is 0.416 e. The van der Waals surface area contributed by atoms with Crippen LogP contribution in [-0.2, 0) is 46.5 Å². The Hall–Kier alpha value is -5.97. The Morgan fingerprint density at radius 2 is 1.35 bits per heavy atom. The molecular formula is C44H44F5N3O8. The summed E-state index contributed by atoms with van der Waals surface area (Å²) < 4.78 is 69.4. The zero-order valence-corrected chi connectivity index (χ0v) is 32.3. The zero-order valence-electron chi connectivity index (χ0n) is 32.3. The van der Waals surface area contributed by atoms with Crippen LogP contribution < -0.4 is 5.43 Å². The number of amides is 1. The van der Waals surface area contributed by atoms with E-state index in [4.69, 9.17) is 20.4 Å². The Morgan fingerprint density at radius 1 is 0.750 bits per heavy atom. The van der Waals surface area contributed by atoms with Gasteiger partial charge < -0.3 is 34.8 Å². The molecule has 1 aliphatic rings. The normalized spacial score (nSPS) is 14.2. The number of piperidine rings is 1. The third kappa shape index (κ3) is 11.8. The largest absolute Gasteiger partial charge is 0.479 e. The number of hydrogen-bond acceptors (Lipinski definition) is 7. The maximum atomic E-state index is 14.5. The van der Waals surface area contributed by atoms with Gasteiger partial charge in [-0.05, 0) is 91.4 Å². The molecule has 2 atom stereocenters. The van der Waals surface area contributed by atoms with Gasteiger partial charge in [-0.2, -0.15) is 13.2 Å². The highest BCUT2D eigenvalue weighted by Gasteiger charge is 2.30. The van der Waals surface area contributed by atoms with Crippen molar-refractivity contribution < 1.29 is 56.8 Å². The summed E-state index contributed by atoms with van der Waals surface area (Å²) in [5, 5.41) is 33.0. The van der Waals surface area contributed by atoms with E-state index in [0.717, 1.165) is 55.3 Å². The van der Waals surface area contributed by atoms with Crippen molar-refractivity contribution in [3.8, 4) is 11.1 Å². The molecule has 0 unspecified atom stereocenters. The van der Waals surface area contributed by atoms with Crippen LogP contribution in [-0.4, -0.2) is 91.0 Å². The number of halogens is 5. The van der Waals surface area contributed by atoms with E-state index in [1.807, 2.05) is 24.3 Å². The number of fused-ring (bicyclic) bond motifs is 1. The predicted molar refractivity (Wildman–Crippen MR) is 212 cm³/mol. The monoisotopic (exact) mass is 837 g/mol. The number of aliphatic carboxylic acids is 2. The molecular weight excluding hydrogens is 793 g/mol. The van der Waals surface area contributed by atoms with Crippen molar-refractivity contribution in [1.82, 2.24) is 14.4 Å². The molecule has 11 nitrogen and oxygen atoms in total. The molecule has 2 heterocycles. The summed E-state index contributed by atoms with van der Waals surface area (Å²) in [4.78, 5) is 51.1. The van der Waals surface area contributed by atoms with E-state index in [0.29, 0.717) is 41.8 Å². The van der Waals surface area contributed by atoms with Gasteiger partial charge in [0, 0.05) is 36.8 Å². The molecule has 0 spiro atoms. The highest BCUT2D eigenvalue weighted by atomic mass is 19.4. The van der Waals surface area contributed by atoms with Crippen molar-refractivity contribution in [1.29, 1.82) is 0 Å². The summed E-state index contributed by atoms with van der Waals surface area (Å²) in [5.41, 5.74) is 2.66. The lowest BCUT2D eigenvalue weighted by Gasteiger charge is -2.31. The molecule has 60 heavy (non-hydrogen) atoms. The number of para-hydroxylation sites is 1. The maximum Gasteiger partial charge on any atom is 0.416 e. The number of pyridine rings is 1. The molecule has 1 saturated heterocycles. The minimum absolute atomic E-state index is 0.0641. The molecule has 1 amide bonds. The molecule has 16 heteroatoms. The van der Waals surface area contributed by atoms with E-state index in [1.54, 1.807) is 33.7 Å². The molecule has 4 aromatic carbocycles. The average molecular weight is 838 g/mol. The van der Waals surface area contributed by atoms with E-state index in [9.17, 15) is 41.1 Å². The maximum absolute atomic E-state index is 14.5. The molecule has 1 fully saturated rings. The Labute approximate surface area is 341 Å². The second-order valence-corrected chi connectivity index (χ2v) is 14.4. The summed E-state index contributed by atoms with van der Waals surface area (Å²) in [5.74, 6) is -5.57. The van der Waals surface area contributed by atoms with Crippen LogP contribution in [0.3, 0.4) is 0 Å². The van der Waals surface area contributed by atoms with Crippen molar-refractivity contribution in [2.75, 3.05) is 26.2 Å². The number of aliphatic hydroxyl groups excluding tert-OH is 2. The number of likely N-dealkylation sites (tertiary alicyclic amines) is 1. The lowest BCUT2D eigenvalue weighted by Crippen LogP contribution is -2.41. The van der Waals surface area contributed by atoms with E-state index >= 15 is 0 Å². The van der Waals surface area contributed by atoms with Gasteiger partial charge in [-0.25, -0.2) is 18.4 Å². The molecule has 1 aliphatic heterocycles. The third-order valence-corrected chi connectivity index (χ3v) is 10.2. The molecule has 0 aliphatic carbocycles. The summed E-state index contributed by atoms with van der Waals surface area (Å²) in [6.07, 6.45) is -5.18. The van der Waals surface area contributed by atoms with E-state index in [2.05, 4.69) is 4.90 Å². The Bertz CT molecular complexity index is 2310. The van der Waals surface area contributed by atoms with Gasteiger partial charge in [0.25, 0.3) is 0 Å². The average Bonchev–Trinajstić information content (AvgIpc) is 3.24. The van der Waals surface area contributed by atoms with Gasteiger partial charge in [0.1, 0.15) is 6.54 Å². The number of carbonyl (C=O) groups is 3. The molecule has 0 radical (unpaired) electrons. The Kier molecular flexibility index (Phi) is 15.3.